The Morgan fingerprint density at radius 1 is 1.22 bits per heavy atom. The van der Waals surface area contributed by atoms with E-state index >= 15 is 0 Å². The molecule has 0 fully saturated rings. The first-order valence-electron chi connectivity index (χ1n) is 9.29. The van der Waals surface area contributed by atoms with Crippen LogP contribution in [0.5, 0.6) is 0 Å². The zero-order valence-electron chi connectivity index (χ0n) is 16.0. The predicted octanol–water partition coefficient (Wildman–Crippen LogP) is 3.27. The molecule has 0 spiro atoms. The maximum absolute atomic E-state index is 12.5. The Balaban J connectivity index is 2.15. The fourth-order valence-electron chi connectivity index (χ4n) is 3.49. The van der Waals surface area contributed by atoms with E-state index < -0.39 is 5.97 Å². The van der Waals surface area contributed by atoms with Gasteiger partial charge in [0.25, 0.3) is 0 Å². The van der Waals surface area contributed by atoms with E-state index in [1.807, 2.05) is 28.8 Å². The minimum Gasteiger partial charge on any atom is -0.469 e. The molecule has 0 saturated heterocycles. The Labute approximate surface area is 158 Å². The third kappa shape index (κ3) is 3.54. The summed E-state index contributed by atoms with van der Waals surface area (Å²) in [6, 6.07) is 7.64. The number of hydrogen-bond donors (Lipinski definition) is 0. The maximum Gasteiger partial charge on any atom is 0.360 e. The van der Waals surface area contributed by atoms with Gasteiger partial charge in [-0.1, -0.05) is 31.5 Å². The Kier molecular flexibility index (Phi) is 5.78. The molecule has 0 amide bonds. The second kappa shape index (κ2) is 8.24. The molecule has 0 saturated carbocycles. The summed E-state index contributed by atoms with van der Waals surface area (Å²) in [6.07, 6.45) is 3.76. The van der Waals surface area contributed by atoms with Crippen molar-refractivity contribution in [3.05, 3.63) is 41.9 Å². The van der Waals surface area contributed by atoms with Crippen LogP contribution in [-0.4, -0.2) is 41.8 Å². The molecule has 27 heavy (non-hydrogen) atoms. The molecule has 144 valence electrons. The van der Waals surface area contributed by atoms with Gasteiger partial charge in [-0.3, -0.25) is 9.36 Å². The number of hydrogen-bond acceptors (Lipinski definition) is 6. The van der Waals surface area contributed by atoms with Crippen molar-refractivity contribution in [3.8, 4) is 5.69 Å². The molecule has 1 atom stereocenters. The van der Waals surface area contributed by atoms with Crippen LogP contribution in [0.2, 0.25) is 0 Å². The number of unbranched alkanes of at least 4 members (excludes halogenated alkanes) is 1. The predicted molar refractivity (Wildman–Crippen MR) is 101 cm³/mol. The van der Waals surface area contributed by atoms with Gasteiger partial charge in [0.2, 0.25) is 0 Å². The number of rotatable bonds is 7. The van der Waals surface area contributed by atoms with Gasteiger partial charge >= 0.3 is 11.9 Å². The molecular weight excluding hydrogens is 346 g/mol. The second-order valence-electron chi connectivity index (χ2n) is 6.41. The number of methoxy groups -OCH3 is 1. The van der Waals surface area contributed by atoms with Gasteiger partial charge in [-0.25, -0.2) is 9.78 Å². The van der Waals surface area contributed by atoms with Gasteiger partial charge in [0, 0.05) is 6.54 Å². The molecule has 1 unspecified atom stereocenters. The van der Waals surface area contributed by atoms with Crippen LogP contribution >= 0.6 is 0 Å². The van der Waals surface area contributed by atoms with E-state index in [1.54, 1.807) is 13.3 Å². The summed E-state index contributed by atoms with van der Waals surface area (Å²) in [7, 11) is 1.39. The summed E-state index contributed by atoms with van der Waals surface area (Å²) < 4.78 is 12.0. The van der Waals surface area contributed by atoms with E-state index in [0.717, 1.165) is 24.1 Å². The number of carbonyl (C=O) groups is 2. The number of nitrogens with zero attached hydrogens (tertiary/aromatic N) is 3. The maximum atomic E-state index is 12.5. The summed E-state index contributed by atoms with van der Waals surface area (Å²) in [4.78, 5) is 31.0. The molecule has 2 aromatic rings. The van der Waals surface area contributed by atoms with E-state index in [0.29, 0.717) is 12.4 Å². The third-order valence-corrected chi connectivity index (χ3v) is 4.75. The summed E-state index contributed by atoms with van der Waals surface area (Å²) in [5.74, 6) is -0.0691. The summed E-state index contributed by atoms with van der Waals surface area (Å²) >= 11 is 0. The standard InChI is InChI=1S/C20H25N3O4/c1-4-6-11-22-16(12-17(24)26-3)14-9-7-8-10-15(14)23-13-21-18(19(22)23)20(25)27-5-2/h7-10,13,16H,4-6,11-12H2,1-3H3. The number of fused-ring (bicyclic) bond motifs is 3. The largest absolute Gasteiger partial charge is 0.469 e. The van der Waals surface area contributed by atoms with Crippen LogP contribution in [0.25, 0.3) is 5.69 Å². The highest BCUT2D eigenvalue weighted by Gasteiger charge is 2.36. The number of ether oxygens (including phenoxy) is 2. The molecule has 7 nitrogen and oxygen atoms in total. The summed E-state index contributed by atoms with van der Waals surface area (Å²) in [5.41, 5.74) is 2.20. The van der Waals surface area contributed by atoms with Gasteiger partial charge in [-0.15, -0.1) is 0 Å². The molecule has 0 bridgehead atoms. The lowest BCUT2D eigenvalue weighted by Gasteiger charge is -2.39. The van der Waals surface area contributed by atoms with Crippen molar-refractivity contribution in [2.45, 2.75) is 39.2 Å². The fourth-order valence-corrected chi connectivity index (χ4v) is 3.49. The number of esters is 2. The SMILES string of the molecule is CCCCN1c2c(C(=O)OCC)ncn2-c2ccccc2C1CC(=O)OC. The van der Waals surface area contributed by atoms with Gasteiger partial charge in [-0.2, -0.15) is 0 Å². The Morgan fingerprint density at radius 3 is 2.70 bits per heavy atom. The molecule has 0 N–H and O–H groups in total. The summed E-state index contributed by atoms with van der Waals surface area (Å²) in [6.45, 7) is 4.86. The molecule has 1 aliphatic rings. The van der Waals surface area contributed by atoms with Crippen molar-refractivity contribution in [2.24, 2.45) is 0 Å². The van der Waals surface area contributed by atoms with Crippen molar-refractivity contribution >= 4 is 17.8 Å². The van der Waals surface area contributed by atoms with E-state index in [2.05, 4.69) is 16.8 Å². The number of para-hydroxylation sites is 1. The first kappa shape index (κ1) is 18.9. The van der Waals surface area contributed by atoms with Crippen LogP contribution < -0.4 is 4.90 Å². The Morgan fingerprint density at radius 2 is 2.00 bits per heavy atom. The highest BCUT2D eigenvalue weighted by atomic mass is 16.5. The second-order valence-corrected chi connectivity index (χ2v) is 6.41. The minimum atomic E-state index is -0.455. The van der Waals surface area contributed by atoms with Crippen LogP contribution in [0, 0.1) is 0 Å². The lowest BCUT2D eigenvalue weighted by molar-refractivity contribution is -0.141. The number of anilines is 1. The Bertz CT molecular complexity index is 830. The highest BCUT2D eigenvalue weighted by molar-refractivity contribution is 5.94. The number of aromatic nitrogens is 2. The smallest absolute Gasteiger partial charge is 0.360 e. The molecule has 7 heteroatoms. The first-order valence-corrected chi connectivity index (χ1v) is 9.29. The van der Waals surface area contributed by atoms with E-state index in [4.69, 9.17) is 9.47 Å². The lowest BCUT2D eigenvalue weighted by Crippen LogP contribution is -2.37. The molecule has 2 heterocycles. The summed E-state index contributed by atoms with van der Waals surface area (Å²) in [5, 5.41) is 0. The first-order chi connectivity index (χ1) is 13.1. The van der Waals surface area contributed by atoms with Gasteiger partial charge in [-0.05, 0) is 25.0 Å². The molecule has 3 rings (SSSR count). The van der Waals surface area contributed by atoms with Gasteiger partial charge in [0.15, 0.2) is 5.69 Å². The normalized spacial score (nSPS) is 15.1. The average Bonchev–Trinajstić information content (AvgIpc) is 3.13. The van der Waals surface area contributed by atoms with Gasteiger partial charge in [0.1, 0.15) is 12.1 Å². The average molecular weight is 371 g/mol. The zero-order valence-corrected chi connectivity index (χ0v) is 16.0. The molecule has 1 aromatic heterocycles. The molecule has 0 aliphatic carbocycles. The van der Waals surface area contributed by atoms with Crippen LogP contribution in [0.1, 0.15) is 55.2 Å². The lowest BCUT2D eigenvalue weighted by atomic mass is 9.96. The Hall–Kier alpha value is -2.83. The third-order valence-electron chi connectivity index (χ3n) is 4.75. The van der Waals surface area contributed by atoms with E-state index in [1.165, 1.54) is 7.11 Å². The van der Waals surface area contributed by atoms with Crippen LogP contribution in [0.15, 0.2) is 30.6 Å². The molecule has 1 aromatic carbocycles. The topological polar surface area (TPSA) is 73.7 Å². The monoisotopic (exact) mass is 371 g/mol. The molecular formula is C20H25N3O4. The van der Waals surface area contributed by atoms with Crippen molar-refractivity contribution in [1.82, 2.24) is 9.55 Å². The number of benzene rings is 1. The van der Waals surface area contributed by atoms with Crippen molar-refractivity contribution in [2.75, 3.05) is 25.2 Å². The van der Waals surface area contributed by atoms with Crippen LogP contribution in [-0.2, 0) is 14.3 Å². The minimum absolute atomic E-state index is 0.199. The zero-order chi connectivity index (χ0) is 19.4. The van der Waals surface area contributed by atoms with Crippen molar-refractivity contribution < 1.29 is 19.1 Å². The van der Waals surface area contributed by atoms with Crippen molar-refractivity contribution in [1.29, 1.82) is 0 Å². The highest BCUT2D eigenvalue weighted by Crippen LogP contribution is 2.41. The van der Waals surface area contributed by atoms with E-state index in [-0.39, 0.29) is 30.7 Å². The fraction of sp³-hybridized carbons (Fsp3) is 0.450. The van der Waals surface area contributed by atoms with E-state index in [9.17, 15) is 9.59 Å². The number of imidazole rings is 1. The molecule has 1 aliphatic heterocycles. The van der Waals surface area contributed by atoms with Gasteiger partial charge < -0.3 is 14.4 Å². The van der Waals surface area contributed by atoms with Crippen LogP contribution in [0.4, 0.5) is 5.82 Å². The van der Waals surface area contributed by atoms with Gasteiger partial charge in [0.05, 0.1) is 31.9 Å². The molecule has 0 radical (unpaired) electrons. The van der Waals surface area contributed by atoms with Crippen LogP contribution in [0.3, 0.4) is 0 Å². The quantitative estimate of drug-likeness (QED) is 0.696. The number of carbonyl (C=O) groups excluding carboxylic acids is 2. The van der Waals surface area contributed by atoms with Crippen molar-refractivity contribution in [3.63, 3.8) is 0 Å².